The van der Waals surface area contributed by atoms with Gasteiger partial charge in [-0.05, 0) is 36.1 Å². The Balaban J connectivity index is 1.33. The van der Waals surface area contributed by atoms with Gasteiger partial charge in [0.2, 0.25) is 0 Å². The fourth-order valence-corrected chi connectivity index (χ4v) is 5.26. The number of rotatable bonds is 5. The molecule has 1 amide bonds. The molecule has 11 heteroatoms. The van der Waals surface area contributed by atoms with E-state index in [4.69, 9.17) is 16.6 Å². The molecule has 186 valence electrons. The molecular formula is C26H24ClN9O. The molecule has 6 rings (SSSR count). The largest absolute Gasteiger partial charge is 0.366 e. The second-order valence-electron chi connectivity index (χ2n) is 9.09. The second kappa shape index (κ2) is 9.70. The SMILES string of the molecule is CC(Cc1ncnc2nc[nH]c12)c1cc(Cl)c2cccnc2c1N1CCN(C(=O)c2cnccn2)CC1. The Morgan fingerprint density at radius 2 is 1.95 bits per heavy atom. The number of amides is 1. The monoisotopic (exact) mass is 513 g/mol. The first kappa shape index (κ1) is 23.2. The summed E-state index contributed by atoms with van der Waals surface area (Å²) in [6.45, 7) is 4.64. The average molecular weight is 514 g/mol. The number of aromatic nitrogens is 7. The number of carbonyl (C=O) groups excluding carboxylic acids is 1. The maximum absolute atomic E-state index is 12.9. The molecule has 1 aromatic carbocycles. The van der Waals surface area contributed by atoms with E-state index in [2.05, 4.69) is 41.7 Å². The number of nitrogens with zero attached hydrogens (tertiary/aromatic N) is 8. The number of pyridine rings is 1. The van der Waals surface area contributed by atoms with Crippen LogP contribution in [0.15, 0.2) is 55.6 Å². The van der Waals surface area contributed by atoms with Gasteiger partial charge in [0.15, 0.2) is 5.65 Å². The van der Waals surface area contributed by atoms with Crippen LogP contribution in [0.1, 0.15) is 34.6 Å². The van der Waals surface area contributed by atoms with Crippen molar-refractivity contribution < 1.29 is 4.79 Å². The molecule has 1 fully saturated rings. The average Bonchev–Trinajstić information content (AvgIpc) is 3.43. The number of carbonyl (C=O) groups is 1. The Labute approximate surface area is 217 Å². The number of benzene rings is 1. The summed E-state index contributed by atoms with van der Waals surface area (Å²) in [6.07, 6.45) is 10.3. The van der Waals surface area contributed by atoms with Crippen molar-refractivity contribution in [1.82, 2.24) is 39.8 Å². The van der Waals surface area contributed by atoms with Crippen LogP contribution in [-0.2, 0) is 6.42 Å². The van der Waals surface area contributed by atoms with E-state index in [-0.39, 0.29) is 11.8 Å². The molecule has 5 heterocycles. The zero-order valence-corrected chi connectivity index (χ0v) is 20.9. The third-order valence-corrected chi connectivity index (χ3v) is 7.16. The van der Waals surface area contributed by atoms with Crippen molar-refractivity contribution >= 4 is 45.3 Å². The van der Waals surface area contributed by atoms with E-state index in [9.17, 15) is 4.79 Å². The molecule has 1 aliphatic heterocycles. The first-order valence-electron chi connectivity index (χ1n) is 12.1. The molecule has 1 saturated heterocycles. The lowest BCUT2D eigenvalue weighted by Crippen LogP contribution is -2.49. The first-order valence-corrected chi connectivity index (χ1v) is 12.5. The minimum Gasteiger partial charge on any atom is -0.366 e. The van der Waals surface area contributed by atoms with Gasteiger partial charge in [0.05, 0.1) is 34.4 Å². The van der Waals surface area contributed by atoms with Crippen molar-refractivity contribution in [3.8, 4) is 0 Å². The number of piperazine rings is 1. The number of aromatic amines is 1. The standard InChI is InChI=1S/C26H24ClN9O/c1-16(11-20-23-25(33-14-31-20)34-15-32-23)18-12-19(27)17-3-2-4-30-22(17)24(18)35-7-9-36(10-8-35)26(37)21-13-28-5-6-29-21/h2-6,12-16H,7-11H2,1H3,(H,31,32,33,34). The van der Waals surface area contributed by atoms with Gasteiger partial charge in [-0.15, -0.1) is 0 Å². The number of H-pyrrole nitrogens is 1. The van der Waals surface area contributed by atoms with Crippen LogP contribution in [0.25, 0.3) is 22.1 Å². The lowest BCUT2D eigenvalue weighted by molar-refractivity contribution is 0.0740. The summed E-state index contributed by atoms with van der Waals surface area (Å²) in [5.41, 5.74) is 5.76. The highest BCUT2D eigenvalue weighted by molar-refractivity contribution is 6.36. The number of anilines is 1. The minimum atomic E-state index is -0.104. The minimum absolute atomic E-state index is 0.0829. The molecule has 1 unspecified atom stereocenters. The van der Waals surface area contributed by atoms with Gasteiger partial charge in [-0.1, -0.05) is 18.5 Å². The normalized spacial score (nSPS) is 14.9. The van der Waals surface area contributed by atoms with Gasteiger partial charge in [0, 0.05) is 50.2 Å². The molecule has 0 radical (unpaired) electrons. The summed E-state index contributed by atoms with van der Waals surface area (Å²) in [7, 11) is 0. The summed E-state index contributed by atoms with van der Waals surface area (Å²) >= 11 is 6.76. The van der Waals surface area contributed by atoms with E-state index in [1.54, 1.807) is 25.0 Å². The highest BCUT2D eigenvalue weighted by Crippen LogP contribution is 2.40. The molecule has 5 aromatic rings. The second-order valence-corrected chi connectivity index (χ2v) is 9.50. The summed E-state index contributed by atoms with van der Waals surface area (Å²) in [5.74, 6) is -0.0210. The van der Waals surface area contributed by atoms with Crippen LogP contribution < -0.4 is 4.90 Å². The Bertz CT molecular complexity index is 1580. The molecule has 1 atom stereocenters. The number of halogens is 1. The summed E-state index contributed by atoms with van der Waals surface area (Å²) in [6, 6.07) is 5.94. The number of nitrogens with one attached hydrogen (secondary N) is 1. The quantitative estimate of drug-likeness (QED) is 0.378. The Morgan fingerprint density at radius 3 is 2.76 bits per heavy atom. The maximum Gasteiger partial charge on any atom is 0.274 e. The van der Waals surface area contributed by atoms with E-state index in [0.29, 0.717) is 49.0 Å². The molecule has 37 heavy (non-hydrogen) atoms. The molecule has 0 spiro atoms. The molecule has 1 N–H and O–H groups in total. The first-order chi connectivity index (χ1) is 18.1. The summed E-state index contributed by atoms with van der Waals surface area (Å²) < 4.78 is 0. The van der Waals surface area contributed by atoms with Gasteiger partial charge in [-0.2, -0.15) is 0 Å². The zero-order valence-electron chi connectivity index (χ0n) is 20.2. The third-order valence-electron chi connectivity index (χ3n) is 6.84. The van der Waals surface area contributed by atoms with Gasteiger partial charge >= 0.3 is 0 Å². The van der Waals surface area contributed by atoms with E-state index in [1.807, 2.05) is 23.1 Å². The molecule has 10 nitrogen and oxygen atoms in total. The van der Waals surface area contributed by atoms with Crippen LogP contribution in [0.3, 0.4) is 0 Å². The Kier molecular flexibility index (Phi) is 6.09. The van der Waals surface area contributed by atoms with E-state index >= 15 is 0 Å². The van der Waals surface area contributed by atoms with Crippen molar-refractivity contribution in [2.75, 3.05) is 31.1 Å². The van der Waals surface area contributed by atoms with E-state index < -0.39 is 0 Å². The topological polar surface area (TPSA) is 117 Å². The smallest absolute Gasteiger partial charge is 0.274 e. The number of hydrogen-bond acceptors (Lipinski definition) is 8. The predicted molar refractivity (Wildman–Crippen MR) is 141 cm³/mol. The van der Waals surface area contributed by atoms with Crippen molar-refractivity contribution in [3.63, 3.8) is 0 Å². The highest BCUT2D eigenvalue weighted by atomic mass is 35.5. The number of fused-ring (bicyclic) bond motifs is 2. The highest BCUT2D eigenvalue weighted by Gasteiger charge is 2.28. The zero-order chi connectivity index (χ0) is 25.4. The number of hydrogen-bond donors (Lipinski definition) is 1. The van der Waals surface area contributed by atoms with Gasteiger partial charge in [0.25, 0.3) is 5.91 Å². The van der Waals surface area contributed by atoms with Gasteiger partial charge in [-0.25, -0.2) is 19.9 Å². The Morgan fingerprint density at radius 1 is 1.08 bits per heavy atom. The lowest BCUT2D eigenvalue weighted by atomic mass is 9.92. The maximum atomic E-state index is 12.9. The van der Waals surface area contributed by atoms with Crippen molar-refractivity contribution in [3.05, 3.63) is 77.6 Å². The van der Waals surface area contributed by atoms with Crippen LogP contribution in [0.4, 0.5) is 5.69 Å². The fourth-order valence-electron chi connectivity index (χ4n) is 4.99. The van der Waals surface area contributed by atoms with Gasteiger partial charge < -0.3 is 14.8 Å². The molecule has 1 aliphatic rings. The fraction of sp³-hybridized carbons (Fsp3) is 0.269. The van der Waals surface area contributed by atoms with Crippen LogP contribution >= 0.6 is 11.6 Å². The molecule has 0 saturated carbocycles. The molecule has 4 aromatic heterocycles. The van der Waals surface area contributed by atoms with Gasteiger partial charge in [-0.3, -0.25) is 14.8 Å². The summed E-state index contributed by atoms with van der Waals surface area (Å²) in [5, 5.41) is 1.57. The van der Waals surface area contributed by atoms with Crippen molar-refractivity contribution in [1.29, 1.82) is 0 Å². The molecule has 0 aliphatic carbocycles. The predicted octanol–water partition coefficient (Wildman–Crippen LogP) is 3.65. The van der Waals surface area contributed by atoms with Crippen molar-refractivity contribution in [2.45, 2.75) is 19.3 Å². The van der Waals surface area contributed by atoms with Gasteiger partial charge in [0.1, 0.15) is 17.5 Å². The van der Waals surface area contributed by atoms with Crippen LogP contribution in [0.2, 0.25) is 5.02 Å². The molecule has 0 bridgehead atoms. The molecular weight excluding hydrogens is 490 g/mol. The van der Waals surface area contributed by atoms with E-state index in [0.717, 1.165) is 33.4 Å². The van der Waals surface area contributed by atoms with Crippen LogP contribution in [0, 0.1) is 0 Å². The van der Waals surface area contributed by atoms with E-state index in [1.165, 1.54) is 12.4 Å². The Hall–Kier alpha value is -4.18. The van der Waals surface area contributed by atoms with Crippen LogP contribution in [-0.4, -0.2) is 71.9 Å². The third kappa shape index (κ3) is 4.33. The number of imidazole rings is 1. The lowest BCUT2D eigenvalue weighted by Gasteiger charge is -2.38. The summed E-state index contributed by atoms with van der Waals surface area (Å²) in [4.78, 5) is 46.2. The van der Waals surface area contributed by atoms with Crippen molar-refractivity contribution in [2.24, 2.45) is 0 Å². The van der Waals surface area contributed by atoms with Crippen LogP contribution in [0.5, 0.6) is 0 Å².